The maximum Gasteiger partial charge on any atom is 0.159 e. The molecule has 0 aliphatic heterocycles. The van der Waals surface area contributed by atoms with Gasteiger partial charge in [0.15, 0.2) is 5.58 Å². The van der Waals surface area contributed by atoms with E-state index in [2.05, 4.69) is 254 Å². The van der Waals surface area contributed by atoms with E-state index in [1.165, 1.54) is 60.8 Å². The van der Waals surface area contributed by atoms with Crippen LogP contribution in [0.5, 0.6) is 0 Å². The van der Waals surface area contributed by atoms with E-state index in [0.717, 1.165) is 66.8 Å². The van der Waals surface area contributed by atoms with Crippen LogP contribution in [0.25, 0.3) is 88.3 Å². The van der Waals surface area contributed by atoms with E-state index in [-0.39, 0.29) is 0 Å². The molecule has 12 aromatic rings. The summed E-state index contributed by atoms with van der Waals surface area (Å²) in [5.41, 5.74) is 21.5. The van der Waals surface area contributed by atoms with Gasteiger partial charge in [-0.25, -0.2) is 0 Å². The Morgan fingerprint density at radius 1 is 0.284 bits per heavy atom. The monoisotopic (exact) mass is 851 g/mol. The van der Waals surface area contributed by atoms with Gasteiger partial charge in [0.2, 0.25) is 0 Å². The second-order valence-electron chi connectivity index (χ2n) is 17.9. The van der Waals surface area contributed by atoms with Crippen molar-refractivity contribution in [1.82, 2.24) is 0 Å². The molecule has 67 heavy (non-hydrogen) atoms. The molecule has 0 amide bonds. The minimum atomic E-state index is -0.494. The van der Waals surface area contributed by atoms with Crippen molar-refractivity contribution in [3.63, 3.8) is 0 Å². The fourth-order valence-electron chi connectivity index (χ4n) is 11.5. The van der Waals surface area contributed by atoms with Crippen LogP contribution in [0.1, 0.15) is 22.3 Å². The van der Waals surface area contributed by atoms with Crippen LogP contribution in [-0.2, 0) is 5.41 Å². The second-order valence-corrected chi connectivity index (χ2v) is 17.9. The van der Waals surface area contributed by atoms with Gasteiger partial charge >= 0.3 is 0 Å². The molecule has 312 valence electrons. The van der Waals surface area contributed by atoms with Crippen molar-refractivity contribution >= 4 is 49.8 Å². The van der Waals surface area contributed by atoms with Crippen LogP contribution < -0.4 is 4.90 Å². The SMILES string of the molecule is c1ccc(-c2cc(N(c3ccc(-c4ccc5ccccc5c4)cc3)c3ccc4c(c3)C3(c5ccccc5-c5ccccc53)c3ccccc3-4)c3oc4c(-c5ccccc5)cccc4c3c2)cc1. The average Bonchev–Trinajstić information content (AvgIpc) is 4.04. The van der Waals surface area contributed by atoms with Gasteiger partial charge in [-0.1, -0.05) is 206 Å². The van der Waals surface area contributed by atoms with E-state index >= 15 is 0 Å². The number of fused-ring (bicyclic) bond motifs is 14. The minimum absolute atomic E-state index is 0.494. The standard InChI is InChI=1S/C65H41NO/c1-3-16-42(17-4-1)48-39-57-56-26-15-25-51(45-19-5-2-6-20-45)63(56)67-64(57)62(40-48)66(49-34-32-44(33-35-49)47-31-30-43-18-7-8-21-46(43)38-47)50-36-37-55-54-24-11-14-29-60(54)65(61(55)41-50)58-27-12-9-22-52(58)53-23-10-13-28-59(53)65/h1-41H. The highest BCUT2D eigenvalue weighted by atomic mass is 16.3. The molecule has 0 unspecified atom stereocenters. The van der Waals surface area contributed by atoms with Gasteiger partial charge in [-0.2, -0.15) is 0 Å². The van der Waals surface area contributed by atoms with Crippen molar-refractivity contribution in [2.45, 2.75) is 5.41 Å². The van der Waals surface area contributed by atoms with E-state index in [9.17, 15) is 0 Å². The van der Waals surface area contributed by atoms with Gasteiger partial charge in [0, 0.05) is 27.7 Å². The lowest BCUT2D eigenvalue weighted by Gasteiger charge is -2.32. The van der Waals surface area contributed by atoms with E-state index in [1.807, 2.05) is 0 Å². The summed E-state index contributed by atoms with van der Waals surface area (Å²) in [5.74, 6) is 0. The first-order valence-corrected chi connectivity index (χ1v) is 23.2. The topological polar surface area (TPSA) is 16.4 Å². The zero-order valence-corrected chi connectivity index (χ0v) is 36.5. The summed E-state index contributed by atoms with van der Waals surface area (Å²) in [6.45, 7) is 0. The van der Waals surface area contributed by atoms with E-state index in [1.54, 1.807) is 0 Å². The molecular weight excluding hydrogens is 811 g/mol. The molecule has 0 saturated carbocycles. The Morgan fingerprint density at radius 2 is 0.821 bits per heavy atom. The summed E-state index contributed by atoms with van der Waals surface area (Å²) in [6.07, 6.45) is 0. The molecule has 0 saturated heterocycles. The number of furan rings is 1. The highest BCUT2D eigenvalue weighted by molar-refractivity contribution is 6.15. The molecule has 0 fully saturated rings. The molecule has 0 radical (unpaired) electrons. The molecule has 2 nitrogen and oxygen atoms in total. The Labute approximate surface area is 389 Å². The largest absolute Gasteiger partial charge is 0.453 e. The Hall–Kier alpha value is -8.72. The summed E-state index contributed by atoms with van der Waals surface area (Å²) in [4.78, 5) is 2.44. The molecule has 1 spiro atoms. The number of hydrogen-bond donors (Lipinski definition) is 0. The number of benzene rings is 11. The minimum Gasteiger partial charge on any atom is -0.453 e. The predicted octanol–water partition coefficient (Wildman–Crippen LogP) is 17.6. The van der Waals surface area contributed by atoms with E-state index in [0.29, 0.717) is 0 Å². The number of hydrogen-bond acceptors (Lipinski definition) is 2. The lowest BCUT2D eigenvalue weighted by molar-refractivity contribution is 0.670. The van der Waals surface area contributed by atoms with Crippen molar-refractivity contribution < 1.29 is 4.42 Å². The van der Waals surface area contributed by atoms with Gasteiger partial charge in [0.25, 0.3) is 0 Å². The Bertz CT molecular complexity index is 3860. The third-order valence-electron chi connectivity index (χ3n) is 14.5. The maximum absolute atomic E-state index is 7.31. The van der Waals surface area contributed by atoms with Gasteiger partial charge in [0.05, 0.1) is 11.1 Å². The van der Waals surface area contributed by atoms with Crippen molar-refractivity contribution in [2.24, 2.45) is 0 Å². The normalized spacial score (nSPS) is 12.9. The van der Waals surface area contributed by atoms with Crippen LogP contribution in [0.15, 0.2) is 253 Å². The first-order valence-electron chi connectivity index (χ1n) is 23.2. The molecule has 1 aromatic heterocycles. The van der Waals surface area contributed by atoms with Gasteiger partial charge < -0.3 is 9.32 Å². The first-order chi connectivity index (χ1) is 33.2. The van der Waals surface area contributed by atoms with Crippen LogP contribution in [-0.4, -0.2) is 0 Å². The second kappa shape index (κ2) is 14.7. The molecule has 2 heteroatoms. The van der Waals surface area contributed by atoms with Crippen LogP contribution in [0.3, 0.4) is 0 Å². The molecule has 14 rings (SSSR count). The Kier molecular flexibility index (Phi) is 8.23. The summed E-state index contributed by atoms with van der Waals surface area (Å²) < 4.78 is 7.31. The van der Waals surface area contributed by atoms with Crippen molar-refractivity contribution in [2.75, 3.05) is 4.90 Å². The fourth-order valence-corrected chi connectivity index (χ4v) is 11.5. The van der Waals surface area contributed by atoms with Crippen LogP contribution in [0.2, 0.25) is 0 Å². The van der Waals surface area contributed by atoms with Crippen molar-refractivity contribution in [3.8, 4) is 55.6 Å². The van der Waals surface area contributed by atoms with Crippen LogP contribution in [0.4, 0.5) is 17.1 Å². The molecule has 0 atom stereocenters. The third-order valence-corrected chi connectivity index (χ3v) is 14.5. The fraction of sp³-hybridized carbons (Fsp3) is 0.0154. The Balaban J connectivity index is 1.05. The lowest BCUT2D eigenvalue weighted by atomic mass is 9.70. The number of para-hydroxylation sites is 1. The summed E-state index contributed by atoms with van der Waals surface area (Å²) in [7, 11) is 0. The van der Waals surface area contributed by atoms with Crippen molar-refractivity contribution in [3.05, 3.63) is 271 Å². The predicted molar refractivity (Wildman–Crippen MR) is 279 cm³/mol. The first kappa shape index (κ1) is 37.6. The quantitative estimate of drug-likeness (QED) is 0.166. The summed E-state index contributed by atoms with van der Waals surface area (Å²) in [6, 6.07) is 91.2. The summed E-state index contributed by atoms with van der Waals surface area (Å²) >= 11 is 0. The van der Waals surface area contributed by atoms with Gasteiger partial charge in [0.1, 0.15) is 5.58 Å². The Morgan fingerprint density at radius 3 is 1.51 bits per heavy atom. The van der Waals surface area contributed by atoms with Crippen LogP contribution in [0, 0.1) is 0 Å². The molecule has 0 N–H and O–H groups in total. The van der Waals surface area contributed by atoms with Crippen molar-refractivity contribution in [1.29, 1.82) is 0 Å². The zero-order chi connectivity index (χ0) is 44.1. The molecule has 1 heterocycles. The molecule has 2 aliphatic carbocycles. The molecule has 11 aromatic carbocycles. The van der Waals surface area contributed by atoms with E-state index in [4.69, 9.17) is 4.42 Å². The average molecular weight is 852 g/mol. The molecular formula is C65H41NO. The van der Waals surface area contributed by atoms with E-state index < -0.39 is 5.41 Å². The number of nitrogens with zero attached hydrogens (tertiary/aromatic N) is 1. The van der Waals surface area contributed by atoms with Gasteiger partial charge in [-0.15, -0.1) is 0 Å². The lowest BCUT2D eigenvalue weighted by Crippen LogP contribution is -2.26. The smallest absolute Gasteiger partial charge is 0.159 e. The molecule has 2 aliphatic rings. The van der Waals surface area contributed by atoms with Gasteiger partial charge in [-0.3, -0.25) is 0 Å². The number of anilines is 3. The third kappa shape index (κ3) is 5.57. The van der Waals surface area contributed by atoms with Crippen LogP contribution >= 0.6 is 0 Å². The maximum atomic E-state index is 7.31. The number of rotatable bonds is 6. The molecule has 0 bridgehead atoms. The highest BCUT2D eigenvalue weighted by Gasteiger charge is 2.51. The zero-order valence-electron chi connectivity index (χ0n) is 36.5. The van der Waals surface area contributed by atoms with Gasteiger partial charge in [-0.05, 0) is 126 Å². The summed E-state index contributed by atoms with van der Waals surface area (Å²) in [5, 5.41) is 4.63. The highest BCUT2D eigenvalue weighted by Crippen LogP contribution is 2.63.